The number of aryl methyl sites for hydroxylation is 1. The summed E-state index contributed by atoms with van der Waals surface area (Å²) in [7, 11) is 1.80. The van der Waals surface area contributed by atoms with Crippen LogP contribution >= 0.6 is 0 Å². The summed E-state index contributed by atoms with van der Waals surface area (Å²) in [4.78, 5) is 29.7. The number of carboxylic acid groups (broad SMARTS) is 1. The van der Waals surface area contributed by atoms with Crippen LogP contribution in [0.15, 0.2) is 54.6 Å². The van der Waals surface area contributed by atoms with Crippen molar-refractivity contribution in [3.05, 3.63) is 77.4 Å². The second kappa shape index (κ2) is 11.3. The maximum atomic E-state index is 13.2. The van der Waals surface area contributed by atoms with E-state index in [2.05, 4.69) is 34.9 Å². The summed E-state index contributed by atoms with van der Waals surface area (Å²) in [6.07, 6.45) is 9.85. The van der Waals surface area contributed by atoms with E-state index in [0.29, 0.717) is 24.4 Å². The number of imidazole rings is 1. The monoisotopic (exact) mass is 464 g/mol. The number of aliphatic carboxylic acids is 1. The van der Waals surface area contributed by atoms with Gasteiger partial charge in [0.15, 0.2) is 5.96 Å². The number of nitrogens with zero attached hydrogens (tertiary/aromatic N) is 2. The largest absolute Gasteiger partial charge is 0.480 e. The van der Waals surface area contributed by atoms with Gasteiger partial charge in [-0.2, -0.15) is 0 Å². The van der Waals surface area contributed by atoms with E-state index in [1.807, 2.05) is 30.4 Å². The van der Waals surface area contributed by atoms with Crippen LogP contribution in [0, 0.1) is 18.3 Å². The molecule has 9 nitrogen and oxygen atoms in total. The SMILES string of the molecule is Cc1nc(C(c2ccccc2)C2C=CC=CC2)n(C)c1C(=O)N[C@@H](CCCNC(=N)N)C(=O)O. The van der Waals surface area contributed by atoms with Gasteiger partial charge >= 0.3 is 5.97 Å². The van der Waals surface area contributed by atoms with Gasteiger partial charge in [-0.1, -0.05) is 54.6 Å². The average Bonchev–Trinajstić information content (AvgIpc) is 3.10. The van der Waals surface area contributed by atoms with E-state index in [0.717, 1.165) is 17.8 Å². The maximum Gasteiger partial charge on any atom is 0.326 e. The molecule has 0 bridgehead atoms. The van der Waals surface area contributed by atoms with Gasteiger partial charge in [0.1, 0.15) is 17.6 Å². The number of nitrogens with one attached hydrogen (secondary N) is 3. The van der Waals surface area contributed by atoms with Crippen LogP contribution < -0.4 is 16.4 Å². The number of hydrogen-bond acceptors (Lipinski definition) is 4. The molecule has 0 fully saturated rings. The Morgan fingerprint density at radius 2 is 2.03 bits per heavy atom. The lowest BCUT2D eigenvalue weighted by molar-refractivity contribution is -0.139. The predicted octanol–water partition coefficient (Wildman–Crippen LogP) is 2.44. The number of carboxylic acids is 1. The Hall–Kier alpha value is -3.88. The first-order chi connectivity index (χ1) is 16.3. The number of amides is 1. The zero-order chi connectivity index (χ0) is 24.7. The number of carbonyl (C=O) groups is 2. The van der Waals surface area contributed by atoms with Crippen molar-refractivity contribution in [3.63, 3.8) is 0 Å². The van der Waals surface area contributed by atoms with Crippen molar-refractivity contribution in [3.8, 4) is 0 Å². The zero-order valence-electron chi connectivity index (χ0n) is 19.5. The fourth-order valence-electron chi connectivity index (χ4n) is 4.36. The highest BCUT2D eigenvalue weighted by molar-refractivity contribution is 5.96. The minimum atomic E-state index is -1.11. The molecule has 1 aliphatic rings. The summed E-state index contributed by atoms with van der Waals surface area (Å²) < 4.78 is 1.78. The quantitative estimate of drug-likeness (QED) is 0.207. The average molecular weight is 465 g/mol. The molecule has 2 aromatic rings. The van der Waals surface area contributed by atoms with Crippen LogP contribution in [-0.2, 0) is 11.8 Å². The van der Waals surface area contributed by atoms with Gasteiger partial charge in [0.25, 0.3) is 5.91 Å². The summed E-state index contributed by atoms with van der Waals surface area (Å²) in [5.74, 6) is -0.874. The first-order valence-corrected chi connectivity index (χ1v) is 11.3. The summed E-state index contributed by atoms with van der Waals surface area (Å²) in [6.45, 7) is 2.12. The number of carbonyl (C=O) groups excluding carboxylic acids is 1. The third-order valence-electron chi connectivity index (χ3n) is 5.99. The first-order valence-electron chi connectivity index (χ1n) is 11.3. The van der Waals surface area contributed by atoms with Crippen LogP contribution in [0.25, 0.3) is 0 Å². The number of benzene rings is 1. The molecule has 0 radical (unpaired) electrons. The third kappa shape index (κ3) is 5.92. The first kappa shape index (κ1) is 24.8. The summed E-state index contributed by atoms with van der Waals surface area (Å²) in [5, 5.41) is 22.0. The lowest BCUT2D eigenvalue weighted by atomic mass is 9.81. The van der Waals surface area contributed by atoms with Gasteiger partial charge in [0.05, 0.1) is 5.69 Å². The highest BCUT2D eigenvalue weighted by Crippen LogP contribution is 2.36. The predicted molar refractivity (Wildman–Crippen MR) is 131 cm³/mol. The van der Waals surface area contributed by atoms with Crippen molar-refractivity contribution in [2.45, 2.75) is 38.1 Å². The highest BCUT2D eigenvalue weighted by Gasteiger charge is 2.31. The van der Waals surface area contributed by atoms with Crippen LogP contribution in [0.2, 0.25) is 0 Å². The molecular weight excluding hydrogens is 432 g/mol. The van der Waals surface area contributed by atoms with Crippen molar-refractivity contribution < 1.29 is 14.7 Å². The van der Waals surface area contributed by atoms with E-state index in [1.165, 1.54) is 0 Å². The van der Waals surface area contributed by atoms with Gasteiger partial charge in [-0.3, -0.25) is 10.2 Å². The number of rotatable bonds is 10. The minimum absolute atomic E-state index is 0.0550. The highest BCUT2D eigenvalue weighted by atomic mass is 16.4. The fourth-order valence-corrected chi connectivity index (χ4v) is 4.36. The molecule has 1 aliphatic carbocycles. The van der Waals surface area contributed by atoms with Crippen molar-refractivity contribution in [2.24, 2.45) is 18.7 Å². The van der Waals surface area contributed by atoms with Crippen LogP contribution in [0.1, 0.15) is 52.8 Å². The molecule has 1 amide bonds. The van der Waals surface area contributed by atoms with E-state index < -0.39 is 17.9 Å². The Balaban J connectivity index is 1.85. The van der Waals surface area contributed by atoms with E-state index in [9.17, 15) is 14.7 Å². The molecule has 180 valence electrons. The van der Waals surface area contributed by atoms with Crippen molar-refractivity contribution >= 4 is 17.8 Å². The molecule has 9 heteroatoms. The smallest absolute Gasteiger partial charge is 0.326 e. The number of allylic oxidation sites excluding steroid dienone is 4. The van der Waals surface area contributed by atoms with E-state index in [-0.39, 0.29) is 24.2 Å². The van der Waals surface area contributed by atoms with Gasteiger partial charge in [-0.25, -0.2) is 9.78 Å². The third-order valence-corrected chi connectivity index (χ3v) is 5.99. The molecule has 2 unspecified atom stereocenters. The Kier molecular flexibility index (Phi) is 8.24. The molecule has 1 heterocycles. The summed E-state index contributed by atoms with van der Waals surface area (Å²) in [5.41, 5.74) is 7.25. The van der Waals surface area contributed by atoms with Gasteiger partial charge in [0, 0.05) is 19.5 Å². The number of guanidine groups is 1. The lowest BCUT2D eigenvalue weighted by Gasteiger charge is -2.25. The Morgan fingerprint density at radius 1 is 1.29 bits per heavy atom. The molecule has 1 aromatic heterocycles. The lowest BCUT2D eigenvalue weighted by Crippen LogP contribution is -2.42. The van der Waals surface area contributed by atoms with Crippen LogP contribution in [-0.4, -0.2) is 45.1 Å². The molecule has 6 N–H and O–H groups in total. The van der Waals surface area contributed by atoms with Gasteiger partial charge in [-0.15, -0.1) is 0 Å². The van der Waals surface area contributed by atoms with Gasteiger partial charge < -0.3 is 26.0 Å². The van der Waals surface area contributed by atoms with Gasteiger partial charge in [-0.05, 0) is 37.7 Å². The Morgan fingerprint density at radius 3 is 2.65 bits per heavy atom. The molecule has 0 saturated carbocycles. The number of hydrogen-bond donors (Lipinski definition) is 5. The fraction of sp³-hybridized carbons (Fsp3) is 0.360. The topological polar surface area (TPSA) is 146 Å². The standard InChI is InChI=1S/C25H32N6O3/c1-16-21(23(32)30-19(24(33)34)14-9-15-28-25(26)27)31(2)22(29-16)20(17-10-5-3-6-11-17)18-12-7-4-8-13-18/h3-8,10-12,18-20H,9,13-15H2,1-2H3,(H,30,32)(H,33,34)(H4,26,27,28)/t18?,19-,20?/m0/s1. The molecule has 0 aliphatic heterocycles. The minimum Gasteiger partial charge on any atom is -0.480 e. The van der Waals surface area contributed by atoms with E-state index in [4.69, 9.17) is 16.1 Å². The van der Waals surface area contributed by atoms with Crippen molar-refractivity contribution in [1.82, 2.24) is 20.2 Å². The molecule has 3 rings (SSSR count). The second-order valence-electron chi connectivity index (χ2n) is 8.41. The number of nitrogens with two attached hydrogens (primary N) is 1. The molecule has 1 aromatic carbocycles. The van der Waals surface area contributed by atoms with E-state index >= 15 is 0 Å². The molecule has 0 spiro atoms. The summed E-state index contributed by atoms with van der Waals surface area (Å²) in [6, 6.07) is 9.03. The van der Waals surface area contributed by atoms with Crippen LogP contribution in [0.5, 0.6) is 0 Å². The number of aromatic nitrogens is 2. The summed E-state index contributed by atoms with van der Waals surface area (Å²) >= 11 is 0. The Bertz CT molecular complexity index is 1090. The Labute approximate surface area is 199 Å². The zero-order valence-corrected chi connectivity index (χ0v) is 19.5. The van der Waals surface area contributed by atoms with Crippen molar-refractivity contribution in [1.29, 1.82) is 5.41 Å². The molecule has 0 saturated heterocycles. The molecular formula is C25H32N6O3. The van der Waals surface area contributed by atoms with Crippen LogP contribution in [0.4, 0.5) is 0 Å². The molecule has 3 atom stereocenters. The second-order valence-corrected chi connectivity index (χ2v) is 8.41. The maximum absolute atomic E-state index is 13.2. The van der Waals surface area contributed by atoms with Gasteiger partial charge in [0.2, 0.25) is 0 Å². The normalized spacial score (nSPS) is 16.6. The van der Waals surface area contributed by atoms with E-state index in [1.54, 1.807) is 18.5 Å². The van der Waals surface area contributed by atoms with Crippen molar-refractivity contribution in [2.75, 3.05) is 6.54 Å². The molecule has 34 heavy (non-hydrogen) atoms. The van der Waals surface area contributed by atoms with Crippen LogP contribution in [0.3, 0.4) is 0 Å².